The fourth-order valence-corrected chi connectivity index (χ4v) is 1.58. The van der Waals surface area contributed by atoms with Gasteiger partial charge in [-0.05, 0) is 33.2 Å². The summed E-state index contributed by atoms with van der Waals surface area (Å²) in [7, 11) is 4.02. The van der Waals surface area contributed by atoms with Crippen LogP contribution in [0.15, 0.2) is 24.3 Å². The van der Waals surface area contributed by atoms with Gasteiger partial charge in [-0.2, -0.15) is 0 Å². The van der Waals surface area contributed by atoms with Crippen molar-refractivity contribution in [2.45, 2.75) is 6.92 Å². The molecule has 0 saturated heterocycles. The van der Waals surface area contributed by atoms with Crippen molar-refractivity contribution < 1.29 is 9.53 Å². The number of nitrogens with one attached hydrogen (secondary N) is 1. The average molecular weight is 250 g/mol. The minimum atomic E-state index is 0.0674. The molecule has 0 aliphatic heterocycles. The van der Waals surface area contributed by atoms with E-state index in [0.29, 0.717) is 24.5 Å². The molecule has 18 heavy (non-hydrogen) atoms. The van der Waals surface area contributed by atoms with Crippen LogP contribution < -0.4 is 10.1 Å². The van der Waals surface area contributed by atoms with E-state index < -0.39 is 0 Å². The largest absolute Gasteiger partial charge is 0.493 e. The molecule has 1 aromatic rings. The van der Waals surface area contributed by atoms with Gasteiger partial charge < -0.3 is 15.0 Å². The molecule has 0 unspecified atom stereocenters. The Labute approximate surface area is 109 Å². The molecule has 0 saturated carbocycles. The number of ether oxygens (including phenoxy) is 1. The standard InChI is InChI=1S/C14H22N2O2/c1-4-18-14-8-6-5-7-12(14)13(17)11-15-9-10-16(2)3/h5-8,15H,4,9-11H2,1-3H3. The van der Waals surface area contributed by atoms with Gasteiger partial charge in [0.25, 0.3) is 0 Å². The van der Waals surface area contributed by atoms with Crippen LogP contribution in [0.3, 0.4) is 0 Å². The third-order valence-electron chi connectivity index (χ3n) is 2.51. The molecule has 0 fully saturated rings. The lowest BCUT2D eigenvalue weighted by atomic mass is 10.1. The van der Waals surface area contributed by atoms with Crippen LogP contribution in [0.5, 0.6) is 5.75 Å². The number of likely N-dealkylation sites (N-methyl/N-ethyl adjacent to an activating group) is 1. The van der Waals surface area contributed by atoms with Gasteiger partial charge in [-0.15, -0.1) is 0 Å². The second kappa shape index (κ2) is 7.84. The van der Waals surface area contributed by atoms with Crippen molar-refractivity contribution in [3.63, 3.8) is 0 Å². The minimum Gasteiger partial charge on any atom is -0.493 e. The van der Waals surface area contributed by atoms with E-state index in [1.165, 1.54) is 0 Å². The maximum Gasteiger partial charge on any atom is 0.180 e. The van der Waals surface area contributed by atoms with Crippen molar-refractivity contribution in [1.29, 1.82) is 0 Å². The number of carbonyl (C=O) groups is 1. The lowest BCUT2D eigenvalue weighted by Crippen LogP contribution is -2.30. The SMILES string of the molecule is CCOc1ccccc1C(=O)CNCCN(C)C. The van der Waals surface area contributed by atoms with Gasteiger partial charge in [0, 0.05) is 13.1 Å². The molecule has 1 rings (SSSR count). The number of hydrogen-bond donors (Lipinski definition) is 1. The number of hydrogen-bond acceptors (Lipinski definition) is 4. The van der Waals surface area contributed by atoms with Crippen LogP contribution in [-0.4, -0.2) is 51.0 Å². The smallest absolute Gasteiger partial charge is 0.180 e. The monoisotopic (exact) mass is 250 g/mol. The lowest BCUT2D eigenvalue weighted by molar-refractivity contribution is 0.0987. The zero-order valence-electron chi connectivity index (χ0n) is 11.4. The molecule has 0 aliphatic carbocycles. The zero-order valence-corrected chi connectivity index (χ0v) is 11.4. The van der Waals surface area contributed by atoms with E-state index in [1.54, 1.807) is 6.07 Å². The molecular formula is C14H22N2O2. The Kier molecular flexibility index (Phi) is 6.39. The Morgan fingerprint density at radius 1 is 1.33 bits per heavy atom. The number of Topliss-reactive ketones (excluding diaryl/α,β-unsaturated/α-hetero) is 1. The van der Waals surface area contributed by atoms with Crippen LogP contribution in [0.1, 0.15) is 17.3 Å². The van der Waals surface area contributed by atoms with Gasteiger partial charge in [0.1, 0.15) is 5.75 Å². The van der Waals surface area contributed by atoms with E-state index in [2.05, 4.69) is 10.2 Å². The molecule has 0 heterocycles. The summed E-state index contributed by atoms with van der Waals surface area (Å²) in [6.45, 7) is 4.54. The number of benzene rings is 1. The summed E-state index contributed by atoms with van der Waals surface area (Å²) in [5.74, 6) is 0.734. The van der Waals surface area contributed by atoms with Gasteiger partial charge in [0.15, 0.2) is 5.78 Å². The van der Waals surface area contributed by atoms with Crippen LogP contribution in [0.25, 0.3) is 0 Å². The van der Waals surface area contributed by atoms with Crippen LogP contribution in [0.2, 0.25) is 0 Å². The van der Waals surface area contributed by atoms with Crippen molar-refractivity contribution in [2.24, 2.45) is 0 Å². The highest BCUT2D eigenvalue weighted by Gasteiger charge is 2.10. The molecule has 4 heteroatoms. The molecule has 4 nitrogen and oxygen atoms in total. The number of rotatable bonds is 8. The third kappa shape index (κ3) is 4.85. The van der Waals surface area contributed by atoms with E-state index in [9.17, 15) is 4.79 Å². The maximum absolute atomic E-state index is 12.0. The quantitative estimate of drug-likeness (QED) is 0.559. The highest BCUT2D eigenvalue weighted by molar-refractivity contribution is 6.00. The van der Waals surface area contributed by atoms with E-state index >= 15 is 0 Å². The van der Waals surface area contributed by atoms with Crippen LogP contribution in [0.4, 0.5) is 0 Å². The summed E-state index contributed by atoms with van der Waals surface area (Å²) in [4.78, 5) is 14.1. The van der Waals surface area contributed by atoms with Gasteiger partial charge in [-0.25, -0.2) is 0 Å². The topological polar surface area (TPSA) is 41.6 Å². The molecule has 1 N–H and O–H groups in total. The molecular weight excluding hydrogens is 228 g/mol. The van der Waals surface area contributed by atoms with E-state index in [0.717, 1.165) is 13.1 Å². The first-order valence-corrected chi connectivity index (χ1v) is 6.25. The Bertz CT molecular complexity index is 378. The van der Waals surface area contributed by atoms with Crippen molar-refractivity contribution in [2.75, 3.05) is 40.3 Å². The lowest BCUT2D eigenvalue weighted by Gasteiger charge is -2.11. The highest BCUT2D eigenvalue weighted by atomic mass is 16.5. The second-order valence-corrected chi connectivity index (χ2v) is 4.33. The Morgan fingerprint density at radius 2 is 2.06 bits per heavy atom. The minimum absolute atomic E-state index is 0.0674. The second-order valence-electron chi connectivity index (χ2n) is 4.33. The summed E-state index contributed by atoms with van der Waals surface area (Å²) in [6.07, 6.45) is 0. The Balaban J connectivity index is 2.50. The molecule has 100 valence electrons. The van der Waals surface area contributed by atoms with Crippen molar-refractivity contribution in [1.82, 2.24) is 10.2 Å². The Hall–Kier alpha value is -1.39. The molecule has 0 atom stereocenters. The molecule has 0 aromatic heterocycles. The van der Waals surface area contributed by atoms with Crippen molar-refractivity contribution in [3.05, 3.63) is 29.8 Å². The third-order valence-corrected chi connectivity index (χ3v) is 2.51. The van der Waals surface area contributed by atoms with E-state index in [4.69, 9.17) is 4.74 Å². The number of ketones is 1. The summed E-state index contributed by atoms with van der Waals surface area (Å²) in [5, 5.41) is 3.14. The van der Waals surface area contributed by atoms with Gasteiger partial charge in [-0.1, -0.05) is 12.1 Å². The predicted molar refractivity (Wildman–Crippen MR) is 73.4 cm³/mol. The summed E-state index contributed by atoms with van der Waals surface area (Å²) >= 11 is 0. The molecule has 0 amide bonds. The first kappa shape index (κ1) is 14.7. The van der Waals surface area contributed by atoms with Gasteiger partial charge in [-0.3, -0.25) is 4.79 Å². The number of nitrogens with zero attached hydrogens (tertiary/aromatic N) is 1. The normalized spacial score (nSPS) is 10.7. The maximum atomic E-state index is 12.0. The molecule has 0 radical (unpaired) electrons. The van der Waals surface area contributed by atoms with Gasteiger partial charge in [0.2, 0.25) is 0 Å². The molecule has 0 bridgehead atoms. The predicted octanol–water partition coefficient (Wildman–Crippen LogP) is 1.42. The fraction of sp³-hybridized carbons (Fsp3) is 0.500. The number of carbonyl (C=O) groups excluding carboxylic acids is 1. The van der Waals surface area contributed by atoms with Gasteiger partial charge >= 0.3 is 0 Å². The summed E-state index contributed by atoms with van der Waals surface area (Å²) < 4.78 is 5.45. The van der Waals surface area contributed by atoms with Crippen LogP contribution in [0, 0.1) is 0 Å². The first-order chi connectivity index (χ1) is 8.65. The molecule has 0 spiro atoms. The van der Waals surface area contributed by atoms with Crippen molar-refractivity contribution in [3.8, 4) is 5.75 Å². The van der Waals surface area contributed by atoms with E-state index in [1.807, 2.05) is 39.2 Å². The summed E-state index contributed by atoms with van der Waals surface area (Å²) in [6, 6.07) is 7.37. The highest BCUT2D eigenvalue weighted by Crippen LogP contribution is 2.18. The van der Waals surface area contributed by atoms with E-state index in [-0.39, 0.29) is 5.78 Å². The molecule has 0 aliphatic rings. The van der Waals surface area contributed by atoms with Crippen molar-refractivity contribution >= 4 is 5.78 Å². The number of para-hydroxylation sites is 1. The van der Waals surface area contributed by atoms with Gasteiger partial charge in [0.05, 0.1) is 18.7 Å². The Morgan fingerprint density at radius 3 is 2.72 bits per heavy atom. The van der Waals surface area contributed by atoms with Crippen LogP contribution >= 0.6 is 0 Å². The average Bonchev–Trinajstić information content (AvgIpc) is 2.35. The zero-order chi connectivity index (χ0) is 13.4. The summed E-state index contributed by atoms with van der Waals surface area (Å²) in [5.41, 5.74) is 0.650. The van der Waals surface area contributed by atoms with Crippen LogP contribution in [-0.2, 0) is 0 Å². The fourth-order valence-electron chi connectivity index (χ4n) is 1.58. The first-order valence-electron chi connectivity index (χ1n) is 6.25. The molecule has 1 aromatic carbocycles.